The Morgan fingerprint density at radius 2 is 1.82 bits per heavy atom. The van der Waals surface area contributed by atoms with Crippen LogP contribution in [0, 0.1) is 5.92 Å². The zero-order valence-corrected chi connectivity index (χ0v) is 16.0. The van der Waals surface area contributed by atoms with Gasteiger partial charge in [-0.3, -0.25) is 4.90 Å². The van der Waals surface area contributed by atoms with Crippen LogP contribution in [0.2, 0.25) is 10.0 Å². The Balaban J connectivity index is 0.00000220. The first-order valence-corrected chi connectivity index (χ1v) is 7.92. The molecule has 7 heteroatoms. The van der Waals surface area contributed by atoms with E-state index in [1.807, 2.05) is 6.07 Å². The Morgan fingerprint density at radius 3 is 2.36 bits per heavy atom. The molecule has 0 amide bonds. The van der Waals surface area contributed by atoms with E-state index >= 15 is 0 Å². The third kappa shape index (κ3) is 5.05. The summed E-state index contributed by atoms with van der Waals surface area (Å²) in [5, 5.41) is 14.6. The van der Waals surface area contributed by atoms with Crippen molar-refractivity contribution in [1.29, 1.82) is 0 Å². The van der Waals surface area contributed by atoms with Crippen LogP contribution in [0.15, 0.2) is 12.1 Å². The minimum atomic E-state index is 0. The van der Waals surface area contributed by atoms with Crippen LogP contribution in [-0.2, 0) is 0 Å². The van der Waals surface area contributed by atoms with E-state index in [-0.39, 0.29) is 36.6 Å². The van der Waals surface area contributed by atoms with Crippen LogP contribution in [0.25, 0.3) is 0 Å². The summed E-state index contributed by atoms with van der Waals surface area (Å²) in [4.78, 5) is 2.41. The first-order valence-electron chi connectivity index (χ1n) is 7.17. The molecule has 22 heavy (non-hydrogen) atoms. The van der Waals surface area contributed by atoms with Gasteiger partial charge in [0.15, 0.2) is 0 Å². The quantitative estimate of drug-likeness (QED) is 0.793. The topological polar surface area (TPSA) is 35.5 Å². The van der Waals surface area contributed by atoms with E-state index in [1.165, 1.54) is 0 Å². The number of rotatable bonds is 4. The van der Waals surface area contributed by atoms with Gasteiger partial charge < -0.3 is 10.4 Å². The lowest BCUT2D eigenvalue weighted by Gasteiger charge is -2.38. The molecule has 0 radical (unpaired) electrons. The molecule has 3 nitrogen and oxygen atoms in total. The maximum Gasteiger partial charge on any atom is 0.139 e. The predicted octanol–water partition coefficient (Wildman–Crippen LogP) is 4.54. The largest absolute Gasteiger partial charge is 0.506 e. The number of phenols is 1. The molecule has 1 aliphatic heterocycles. The molecule has 2 rings (SSSR count). The van der Waals surface area contributed by atoms with Crippen molar-refractivity contribution in [3.05, 3.63) is 27.7 Å². The van der Waals surface area contributed by atoms with Gasteiger partial charge in [0.1, 0.15) is 5.75 Å². The number of halogens is 4. The van der Waals surface area contributed by atoms with Crippen molar-refractivity contribution in [2.24, 2.45) is 5.92 Å². The summed E-state index contributed by atoms with van der Waals surface area (Å²) in [5.41, 5.74) is 0.846. The first kappa shape index (κ1) is 22.1. The Labute approximate surface area is 155 Å². The fourth-order valence-corrected chi connectivity index (χ4v) is 3.37. The van der Waals surface area contributed by atoms with Crippen molar-refractivity contribution in [3.63, 3.8) is 0 Å². The van der Waals surface area contributed by atoms with Gasteiger partial charge in [-0.15, -0.1) is 24.8 Å². The van der Waals surface area contributed by atoms with E-state index in [1.54, 1.807) is 6.07 Å². The van der Waals surface area contributed by atoms with Crippen LogP contribution in [0.1, 0.15) is 31.9 Å². The molecular formula is C15H24Cl4N2O. The van der Waals surface area contributed by atoms with Crippen LogP contribution >= 0.6 is 48.0 Å². The molecule has 0 spiro atoms. The predicted molar refractivity (Wildman–Crippen MR) is 99.3 cm³/mol. The van der Waals surface area contributed by atoms with Crippen molar-refractivity contribution >= 4 is 48.0 Å². The Kier molecular flexibility index (Phi) is 10.1. The zero-order chi connectivity index (χ0) is 14.7. The number of phenolic OH excluding ortho intramolecular Hbond substituents is 1. The van der Waals surface area contributed by atoms with E-state index < -0.39 is 0 Å². The standard InChI is InChI=1S/C15H22Cl2N2O.2ClH/c1-3-10(2)14(19-6-4-18-5-7-19)12-8-11(16)9-13(17)15(12)20;;/h8-10,14,18,20H,3-7H2,1-2H3;2*1H/t10?,14-;;/m1../s1. The van der Waals surface area contributed by atoms with Gasteiger partial charge in [-0.2, -0.15) is 0 Å². The molecule has 0 aliphatic carbocycles. The number of hydrogen-bond acceptors (Lipinski definition) is 3. The maximum absolute atomic E-state index is 10.3. The summed E-state index contributed by atoms with van der Waals surface area (Å²) in [5.74, 6) is 0.591. The number of nitrogens with zero attached hydrogens (tertiary/aromatic N) is 1. The number of hydrogen-bond donors (Lipinski definition) is 2. The van der Waals surface area contributed by atoms with Crippen LogP contribution in [-0.4, -0.2) is 36.2 Å². The number of nitrogens with one attached hydrogen (secondary N) is 1. The van der Waals surface area contributed by atoms with Gasteiger partial charge in [0.25, 0.3) is 0 Å². The number of piperazine rings is 1. The van der Waals surface area contributed by atoms with E-state index in [0.717, 1.165) is 38.2 Å². The molecule has 0 aromatic heterocycles. The van der Waals surface area contributed by atoms with Crippen LogP contribution in [0.4, 0.5) is 0 Å². The zero-order valence-electron chi connectivity index (χ0n) is 12.8. The van der Waals surface area contributed by atoms with Crippen LogP contribution in [0.3, 0.4) is 0 Å². The molecule has 2 atom stereocenters. The lowest BCUT2D eigenvalue weighted by Crippen LogP contribution is -2.46. The third-order valence-corrected chi connectivity index (χ3v) is 4.61. The van der Waals surface area contributed by atoms with Gasteiger partial charge >= 0.3 is 0 Å². The lowest BCUT2D eigenvalue weighted by molar-refractivity contribution is 0.126. The Bertz CT molecular complexity index is 467. The van der Waals surface area contributed by atoms with Crippen molar-refractivity contribution < 1.29 is 5.11 Å². The summed E-state index contributed by atoms with van der Waals surface area (Å²) in [7, 11) is 0. The fraction of sp³-hybridized carbons (Fsp3) is 0.600. The average Bonchev–Trinajstić information content (AvgIpc) is 2.45. The molecule has 128 valence electrons. The molecule has 1 aromatic carbocycles. The summed E-state index contributed by atoms with van der Waals surface area (Å²) in [6, 6.07) is 3.59. The monoisotopic (exact) mass is 388 g/mol. The molecule has 2 N–H and O–H groups in total. The molecule has 1 aromatic rings. The third-order valence-electron chi connectivity index (χ3n) is 4.10. The van der Waals surface area contributed by atoms with Gasteiger partial charge in [-0.1, -0.05) is 43.5 Å². The molecule has 1 aliphatic rings. The highest BCUT2D eigenvalue weighted by Gasteiger charge is 2.29. The summed E-state index contributed by atoms with van der Waals surface area (Å²) < 4.78 is 0. The minimum absolute atomic E-state index is 0. The fourth-order valence-electron chi connectivity index (χ4n) is 2.86. The van der Waals surface area contributed by atoms with Crippen molar-refractivity contribution in [2.75, 3.05) is 26.2 Å². The first-order chi connectivity index (χ1) is 9.54. The van der Waals surface area contributed by atoms with E-state index in [9.17, 15) is 5.11 Å². The highest BCUT2D eigenvalue weighted by atomic mass is 35.5. The second-order valence-corrected chi connectivity index (χ2v) is 6.29. The van der Waals surface area contributed by atoms with Gasteiger partial charge in [0.05, 0.1) is 5.02 Å². The Morgan fingerprint density at radius 1 is 1.23 bits per heavy atom. The Hall–Kier alpha value is 0.1000. The molecule has 1 saturated heterocycles. The summed E-state index contributed by atoms with van der Waals surface area (Å²) in [6.45, 7) is 8.27. The highest BCUT2D eigenvalue weighted by Crippen LogP contribution is 2.41. The van der Waals surface area contributed by atoms with Crippen molar-refractivity contribution in [1.82, 2.24) is 10.2 Å². The van der Waals surface area contributed by atoms with Crippen LogP contribution in [0.5, 0.6) is 5.75 Å². The SMILES string of the molecule is CCC(C)[C@H](c1cc(Cl)cc(Cl)c1O)N1CCNCC1.Cl.Cl. The average molecular weight is 390 g/mol. The minimum Gasteiger partial charge on any atom is -0.506 e. The molecule has 0 saturated carbocycles. The number of benzene rings is 1. The molecule has 1 unspecified atom stereocenters. The van der Waals surface area contributed by atoms with E-state index in [4.69, 9.17) is 23.2 Å². The molecule has 1 heterocycles. The van der Waals surface area contributed by atoms with Crippen molar-refractivity contribution in [2.45, 2.75) is 26.3 Å². The summed E-state index contributed by atoms with van der Waals surface area (Å²) >= 11 is 12.2. The second kappa shape index (κ2) is 10.1. The normalized spacial score (nSPS) is 18.0. The van der Waals surface area contributed by atoms with Crippen molar-refractivity contribution in [3.8, 4) is 5.75 Å². The molecular weight excluding hydrogens is 366 g/mol. The van der Waals surface area contributed by atoms with Crippen LogP contribution < -0.4 is 5.32 Å². The molecule has 0 bridgehead atoms. The second-order valence-electron chi connectivity index (χ2n) is 5.44. The van der Waals surface area contributed by atoms with Gasteiger partial charge in [0.2, 0.25) is 0 Å². The summed E-state index contributed by atoms with van der Waals surface area (Å²) in [6.07, 6.45) is 1.04. The maximum atomic E-state index is 10.3. The van der Waals surface area contributed by atoms with E-state index in [2.05, 4.69) is 24.1 Å². The highest BCUT2D eigenvalue weighted by molar-refractivity contribution is 6.35. The van der Waals surface area contributed by atoms with Gasteiger partial charge in [-0.25, -0.2) is 0 Å². The van der Waals surface area contributed by atoms with Gasteiger partial charge in [-0.05, 0) is 18.1 Å². The molecule has 1 fully saturated rings. The lowest BCUT2D eigenvalue weighted by atomic mass is 9.90. The van der Waals surface area contributed by atoms with Gasteiger partial charge in [0, 0.05) is 42.8 Å². The smallest absolute Gasteiger partial charge is 0.139 e. The number of aromatic hydroxyl groups is 1. The van der Waals surface area contributed by atoms with E-state index in [0.29, 0.717) is 16.0 Å².